The van der Waals surface area contributed by atoms with Gasteiger partial charge in [-0.1, -0.05) is 31.2 Å². The molecule has 0 aromatic heterocycles. The predicted molar refractivity (Wildman–Crippen MR) is 76.4 cm³/mol. The summed E-state index contributed by atoms with van der Waals surface area (Å²) in [7, 11) is 0. The van der Waals surface area contributed by atoms with Gasteiger partial charge < -0.3 is 10.0 Å². The molecule has 1 aliphatic rings. The minimum Gasteiger partial charge on any atom is -0.481 e. The number of carbonyl (C=O) groups is 2. The van der Waals surface area contributed by atoms with Gasteiger partial charge in [0.25, 0.3) is 0 Å². The number of aryl methyl sites for hydroxylation is 2. The van der Waals surface area contributed by atoms with Gasteiger partial charge in [0.1, 0.15) is 0 Å². The Kier molecular flexibility index (Phi) is 4.42. The van der Waals surface area contributed by atoms with Crippen molar-refractivity contribution in [1.29, 1.82) is 0 Å². The standard InChI is InChI=1S/C16H21NO3/c1-11-5-3-4-6-13(11)7-8-15(18)17-9-14(10-17)12(2)16(19)20/h3-6,12,14H,7-10H2,1-2H3,(H,19,20). The van der Waals surface area contributed by atoms with E-state index in [4.69, 9.17) is 5.11 Å². The highest BCUT2D eigenvalue weighted by Gasteiger charge is 2.36. The molecule has 1 aromatic rings. The van der Waals surface area contributed by atoms with Crippen LogP contribution in [0.4, 0.5) is 0 Å². The van der Waals surface area contributed by atoms with Crippen molar-refractivity contribution in [2.45, 2.75) is 26.7 Å². The summed E-state index contributed by atoms with van der Waals surface area (Å²) in [5.41, 5.74) is 2.41. The van der Waals surface area contributed by atoms with Gasteiger partial charge >= 0.3 is 5.97 Å². The van der Waals surface area contributed by atoms with Crippen LogP contribution in [0.15, 0.2) is 24.3 Å². The quantitative estimate of drug-likeness (QED) is 0.895. The third kappa shape index (κ3) is 3.18. The van der Waals surface area contributed by atoms with Gasteiger partial charge in [0.2, 0.25) is 5.91 Å². The van der Waals surface area contributed by atoms with Crippen LogP contribution < -0.4 is 0 Å². The highest BCUT2D eigenvalue weighted by Crippen LogP contribution is 2.25. The Morgan fingerprint density at radius 3 is 2.60 bits per heavy atom. The second-order valence-corrected chi connectivity index (χ2v) is 5.61. The summed E-state index contributed by atoms with van der Waals surface area (Å²) in [6.07, 6.45) is 1.25. The molecule has 1 amide bonds. The number of rotatable bonds is 5. The molecule has 1 aliphatic heterocycles. The monoisotopic (exact) mass is 275 g/mol. The SMILES string of the molecule is Cc1ccccc1CCC(=O)N1CC(C(C)C(=O)O)C1. The molecule has 20 heavy (non-hydrogen) atoms. The summed E-state index contributed by atoms with van der Waals surface area (Å²) < 4.78 is 0. The third-order valence-electron chi connectivity index (χ3n) is 4.23. The first-order chi connectivity index (χ1) is 9.49. The van der Waals surface area contributed by atoms with Crippen molar-refractivity contribution in [2.75, 3.05) is 13.1 Å². The Morgan fingerprint density at radius 2 is 2.00 bits per heavy atom. The van der Waals surface area contributed by atoms with Crippen LogP contribution >= 0.6 is 0 Å². The van der Waals surface area contributed by atoms with E-state index in [1.165, 1.54) is 11.1 Å². The number of carboxylic acids is 1. The van der Waals surface area contributed by atoms with Gasteiger partial charge in [0, 0.05) is 25.4 Å². The lowest BCUT2D eigenvalue weighted by atomic mass is 9.86. The number of amides is 1. The zero-order valence-corrected chi connectivity index (χ0v) is 12.0. The normalized spacial score (nSPS) is 16.6. The average molecular weight is 275 g/mol. The van der Waals surface area contributed by atoms with Gasteiger partial charge in [-0.3, -0.25) is 9.59 Å². The molecular formula is C16H21NO3. The van der Waals surface area contributed by atoms with Gasteiger partial charge in [-0.05, 0) is 24.5 Å². The fourth-order valence-electron chi connectivity index (χ4n) is 2.52. The summed E-state index contributed by atoms with van der Waals surface area (Å²) in [6.45, 7) is 4.93. The van der Waals surface area contributed by atoms with E-state index in [2.05, 4.69) is 0 Å². The van der Waals surface area contributed by atoms with Gasteiger partial charge in [-0.25, -0.2) is 0 Å². The maximum atomic E-state index is 12.0. The van der Waals surface area contributed by atoms with E-state index in [0.29, 0.717) is 19.5 Å². The van der Waals surface area contributed by atoms with Crippen molar-refractivity contribution >= 4 is 11.9 Å². The Morgan fingerprint density at radius 1 is 1.35 bits per heavy atom. The van der Waals surface area contributed by atoms with E-state index in [-0.39, 0.29) is 17.7 Å². The molecule has 0 radical (unpaired) electrons. The summed E-state index contributed by atoms with van der Waals surface area (Å²) in [4.78, 5) is 24.6. The molecule has 1 fully saturated rings. The molecule has 1 atom stereocenters. The lowest BCUT2D eigenvalue weighted by Gasteiger charge is -2.41. The van der Waals surface area contributed by atoms with Crippen molar-refractivity contribution in [3.05, 3.63) is 35.4 Å². The van der Waals surface area contributed by atoms with E-state index in [0.717, 1.165) is 6.42 Å². The van der Waals surface area contributed by atoms with E-state index >= 15 is 0 Å². The molecule has 0 bridgehead atoms. The van der Waals surface area contributed by atoms with Crippen LogP contribution in [0.1, 0.15) is 24.5 Å². The zero-order valence-electron chi connectivity index (χ0n) is 12.0. The summed E-state index contributed by atoms with van der Waals surface area (Å²) in [5.74, 6) is -0.908. The number of benzene rings is 1. The fourth-order valence-corrected chi connectivity index (χ4v) is 2.52. The highest BCUT2D eigenvalue weighted by molar-refractivity contribution is 5.78. The topological polar surface area (TPSA) is 57.6 Å². The predicted octanol–water partition coefficient (Wildman–Crippen LogP) is 2.11. The van der Waals surface area contributed by atoms with Crippen LogP contribution in [-0.2, 0) is 16.0 Å². The first kappa shape index (κ1) is 14.6. The number of nitrogens with zero attached hydrogens (tertiary/aromatic N) is 1. The average Bonchev–Trinajstić information content (AvgIpc) is 2.35. The largest absolute Gasteiger partial charge is 0.481 e. The van der Waals surface area contributed by atoms with Gasteiger partial charge in [0.05, 0.1) is 5.92 Å². The maximum Gasteiger partial charge on any atom is 0.306 e. The van der Waals surface area contributed by atoms with Crippen LogP contribution in [0.5, 0.6) is 0 Å². The molecule has 1 N–H and O–H groups in total. The summed E-state index contributed by atoms with van der Waals surface area (Å²) in [6, 6.07) is 8.08. The minimum absolute atomic E-state index is 0.106. The van der Waals surface area contributed by atoms with Crippen molar-refractivity contribution in [1.82, 2.24) is 4.90 Å². The zero-order chi connectivity index (χ0) is 14.7. The Labute approximate surface area is 119 Å². The Bertz CT molecular complexity index is 506. The first-order valence-corrected chi connectivity index (χ1v) is 7.04. The summed E-state index contributed by atoms with van der Waals surface area (Å²) in [5, 5.41) is 8.92. The Hall–Kier alpha value is -1.84. The fraction of sp³-hybridized carbons (Fsp3) is 0.500. The molecule has 0 saturated carbocycles. The molecule has 1 aromatic carbocycles. The molecule has 0 aliphatic carbocycles. The Balaban J connectivity index is 1.78. The number of hydrogen-bond donors (Lipinski definition) is 1. The number of carboxylic acid groups (broad SMARTS) is 1. The molecule has 1 unspecified atom stereocenters. The molecule has 1 saturated heterocycles. The van der Waals surface area contributed by atoms with Crippen molar-refractivity contribution in [3.63, 3.8) is 0 Å². The second-order valence-electron chi connectivity index (χ2n) is 5.61. The molecule has 108 valence electrons. The number of likely N-dealkylation sites (tertiary alicyclic amines) is 1. The van der Waals surface area contributed by atoms with Crippen LogP contribution in [0, 0.1) is 18.8 Å². The van der Waals surface area contributed by atoms with E-state index in [1.54, 1.807) is 11.8 Å². The highest BCUT2D eigenvalue weighted by atomic mass is 16.4. The summed E-state index contributed by atoms with van der Waals surface area (Å²) >= 11 is 0. The van der Waals surface area contributed by atoms with Crippen LogP contribution in [-0.4, -0.2) is 35.0 Å². The smallest absolute Gasteiger partial charge is 0.306 e. The van der Waals surface area contributed by atoms with E-state index < -0.39 is 5.97 Å². The van der Waals surface area contributed by atoms with Gasteiger partial charge in [-0.2, -0.15) is 0 Å². The third-order valence-corrected chi connectivity index (χ3v) is 4.23. The van der Waals surface area contributed by atoms with Crippen molar-refractivity contribution in [3.8, 4) is 0 Å². The number of aliphatic carboxylic acids is 1. The second kappa shape index (κ2) is 6.07. The van der Waals surface area contributed by atoms with Crippen LogP contribution in [0.25, 0.3) is 0 Å². The number of hydrogen-bond acceptors (Lipinski definition) is 2. The van der Waals surface area contributed by atoms with Crippen molar-refractivity contribution < 1.29 is 14.7 Å². The lowest BCUT2D eigenvalue weighted by Crippen LogP contribution is -2.53. The maximum absolute atomic E-state index is 12.0. The van der Waals surface area contributed by atoms with Gasteiger partial charge in [-0.15, -0.1) is 0 Å². The molecule has 4 heteroatoms. The minimum atomic E-state index is -0.776. The van der Waals surface area contributed by atoms with E-state index in [1.807, 2.05) is 31.2 Å². The van der Waals surface area contributed by atoms with E-state index in [9.17, 15) is 9.59 Å². The number of carbonyl (C=O) groups excluding carboxylic acids is 1. The molecule has 4 nitrogen and oxygen atoms in total. The molecule has 2 rings (SSSR count). The van der Waals surface area contributed by atoms with Gasteiger partial charge in [0.15, 0.2) is 0 Å². The molecule has 1 heterocycles. The molecular weight excluding hydrogens is 254 g/mol. The van der Waals surface area contributed by atoms with Crippen LogP contribution in [0.2, 0.25) is 0 Å². The van der Waals surface area contributed by atoms with Crippen molar-refractivity contribution in [2.24, 2.45) is 11.8 Å². The molecule has 0 spiro atoms. The first-order valence-electron chi connectivity index (χ1n) is 7.04. The van der Waals surface area contributed by atoms with Crippen LogP contribution in [0.3, 0.4) is 0 Å². The lowest BCUT2D eigenvalue weighted by molar-refractivity contribution is -0.150.